The normalized spacial score (nSPS) is 11.9. The Hall–Kier alpha value is -1.39. The molecule has 0 saturated carbocycles. The zero-order chi connectivity index (χ0) is 13.9. The van der Waals surface area contributed by atoms with Gasteiger partial charge in [-0.3, -0.25) is 0 Å². The van der Waals surface area contributed by atoms with E-state index in [0.717, 1.165) is 23.1 Å². The standard InChI is InChI=1S/C15H22N2OSi/c1-5-13-7-6-8-15-14(13)11-16-17(15)12-18-9-10-19(2,3)4/h5-8,11H,1,9-10,12H2,2-4H3. The summed E-state index contributed by atoms with van der Waals surface area (Å²) < 4.78 is 7.65. The summed E-state index contributed by atoms with van der Waals surface area (Å²) in [6.45, 7) is 12.2. The lowest BCUT2D eigenvalue weighted by Crippen LogP contribution is -2.22. The quantitative estimate of drug-likeness (QED) is 0.588. The summed E-state index contributed by atoms with van der Waals surface area (Å²) in [6.07, 6.45) is 3.74. The molecule has 0 spiro atoms. The average Bonchev–Trinajstić information content (AvgIpc) is 2.76. The molecule has 0 N–H and O–H groups in total. The van der Waals surface area contributed by atoms with Crippen LogP contribution in [0.5, 0.6) is 0 Å². The summed E-state index contributed by atoms with van der Waals surface area (Å²) in [4.78, 5) is 0. The summed E-state index contributed by atoms with van der Waals surface area (Å²) in [5.41, 5.74) is 2.22. The van der Waals surface area contributed by atoms with Gasteiger partial charge in [0, 0.05) is 20.1 Å². The fourth-order valence-electron chi connectivity index (χ4n) is 1.94. The van der Waals surface area contributed by atoms with Crippen LogP contribution in [0.25, 0.3) is 17.0 Å². The van der Waals surface area contributed by atoms with E-state index in [0.29, 0.717) is 6.73 Å². The Morgan fingerprint density at radius 2 is 2.16 bits per heavy atom. The van der Waals surface area contributed by atoms with Crippen molar-refractivity contribution < 1.29 is 4.74 Å². The first-order valence-corrected chi connectivity index (χ1v) is 10.4. The smallest absolute Gasteiger partial charge is 0.139 e. The second kappa shape index (κ2) is 5.71. The van der Waals surface area contributed by atoms with Gasteiger partial charge in [0.1, 0.15) is 6.73 Å². The predicted octanol–water partition coefficient (Wildman–Crippen LogP) is 3.99. The maximum atomic E-state index is 5.75. The zero-order valence-electron chi connectivity index (χ0n) is 12.0. The first kappa shape index (κ1) is 14.0. The third-order valence-corrected chi connectivity index (χ3v) is 4.86. The molecular weight excluding hydrogens is 252 g/mol. The van der Waals surface area contributed by atoms with Gasteiger partial charge in [-0.2, -0.15) is 5.10 Å². The van der Waals surface area contributed by atoms with E-state index < -0.39 is 8.07 Å². The van der Waals surface area contributed by atoms with Crippen molar-refractivity contribution in [3.63, 3.8) is 0 Å². The third-order valence-electron chi connectivity index (χ3n) is 3.15. The van der Waals surface area contributed by atoms with Crippen LogP contribution in [0.15, 0.2) is 31.0 Å². The average molecular weight is 274 g/mol. The molecule has 0 aliphatic rings. The minimum absolute atomic E-state index is 0.522. The van der Waals surface area contributed by atoms with Gasteiger partial charge in [-0.25, -0.2) is 4.68 Å². The number of hydrogen-bond acceptors (Lipinski definition) is 2. The minimum Gasteiger partial charge on any atom is -0.360 e. The first-order valence-electron chi connectivity index (χ1n) is 6.66. The Morgan fingerprint density at radius 1 is 1.37 bits per heavy atom. The van der Waals surface area contributed by atoms with Gasteiger partial charge in [-0.15, -0.1) is 0 Å². The van der Waals surface area contributed by atoms with Crippen molar-refractivity contribution in [2.75, 3.05) is 6.61 Å². The number of aromatic nitrogens is 2. The Morgan fingerprint density at radius 3 is 2.84 bits per heavy atom. The highest BCUT2D eigenvalue weighted by atomic mass is 28.3. The van der Waals surface area contributed by atoms with Crippen molar-refractivity contribution in [3.8, 4) is 0 Å². The molecule has 0 fully saturated rings. The monoisotopic (exact) mass is 274 g/mol. The van der Waals surface area contributed by atoms with Crippen molar-refractivity contribution in [3.05, 3.63) is 36.5 Å². The molecule has 1 heterocycles. The van der Waals surface area contributed by atoms with E-state index in [2.05, 4.69) is 37.4 Å². The van der Waals surface area contributed by atoms with Gasteiger partial charge in [-0.05, 0) is 17.7 Å². The molecule has 1 aromatic heterocycles. The highest BCUT2D eigenvalue weighted by Crippen LogP contribution is 2.19. The minimum atomic E-state index is -1.02. The lowest BCUT2D eigenvalue weighted by molar-refractivity contribution is 0.0817. The van der Waals surface area contributed by atoms with Gasteiger partial charge in [0.2, 0.25) is 0 Å². The third kappa shape index (κ3) is 3.55. The summed E-state index contributed by atoms with van der Waals surface area (Å²) in [5, 5.41) is 5.52. The van der Waals surface area contributed by atoms with Crippen LogP contribution < -0.4 is 0 Å². The van der Waals surface area contributed by atoms with E-state index in [1.54, 1.807) is 0 Å². The summed E-state index contributed by atoms with van der Waals surface area (Å²) >= 11 is 0. The van der Waals surface area contributed by atoms with Gasteiger partial charge in [0.25, 0.3) is 0 Å². The lowest BCUT2D eigenvalue weighted by Gasteiger charge is -2.15. The molecule has 0 bridgehead atoms. The van der Waals surface area contributed by atoms with Crippen LogP contribution in [0.2, 0.25) is 25.7 Å². The highest BCUT2D eigenvalue weighted by molar-refractivity contribution is 6.76. The molecule has 0 atom stereocenters. The number of fused-ring (bicyclic) bond motifs is 1. The molecule has 0 radical (unpaired) electrons. The molecule has 0 saturated heterocycles. The molecule has 0 aliphatic carbocycles. The second-order valence-corrected chi connectivity index (χ2v) is 11.6. The van der Waals surface area contributed by atoms with Crippen molar-refractivity contribution in [2.45, 2.75) is 32.4 Å². The summed E-state index contributed by atoms with van der Waals surface area (Å²) in [6, 6.07) is 7.33. The Kier molecular flexibility index (Phi) is 4.22. The summed E-state index contributed by atoms with van der Waals surface area (Å²) in [5.74, 6) is 0. The molecule has 3 nitrogen and oxygen atoms in total. The second-order valence-electron chi connectivity index (χ2n) is 5.98. The molecule has 0 aliphatic heterocycles. The molecule has 4 heteroatoms. The Labute approximate surface area is 115 Å². The van der Waals surface area contributed by atoms with Gasteiger partial charge < -0.3 is 4.74 Å². The van der Waals surface area contributed by atoms with E-state index in [-0.39, 0.29) is 0 Å². The fraction of sp³-hybridized carbons (Fsp3) is 0.400. The first-order chi connectivity index (χ1) is 9.01. The van der Waals surface area contributed by atoms with Crippen LogP contribution in [-0.4, -0.2) is 24.5 Å². The van der Waals surface area contributed by atoms with Crippen molar-refractivity contribution in [1.82, 2.24) is 9.78 Å². The van der Waals surface area contributed by atoms with E-state index >= 15 is 0 Å². The topological polar surface area (TPSA) is 27.1 Å². The molecule has 19 heavy (non-hydrogen) atoms. The number of benzene rings is 1. The maximum absolute atomic E-state index is 5.75. The predicted molar refractivity (Wildman–Crippen MR) is 83.9 cm³/mol. The van der Waals surface area contributed by atoms with E-state index in [9.17, 15) is 0 Å². The Bertz CT molecular complexity index is 569. The van der Waals surface area contributed by atoms with Crippen molar-refractivity contribution in [2.24, 2.45) is 0 Å². The van der Waals surface area contributed by atoms with Gasteiger partial charge in [0.15, 0.2) is 0 Å². The van der Waals surface area contributed by atoms with Gasteiger partial charge in [0.05, 0.1) is 11.7 Å². The number of ether oxygens (including phenoxy) is 1. The lowest BCUT2D eigenvalue weighted by atomic mass is 10.1. The summed E-state index contributed by atoms with van der Waals surface area (Å²) in [7, 11) is -1.02. The van der Waals surface area contributed by atoms with E-state index in [4.69, 9.17) is 4.74 Å². The van der Waals surface area contributed by atoms with Crippen LogP contribution in [-0.2, 0) is 11.5 Å². The highest BCUT2D eigenvalue weighted by Gasteiger charge is 2.12. The molecule has 2 rings (SSSR count). The largest absolute Gasteiger partial charge is 0.360 e. The fourth-order valence-corrected chi connectivity index (χ4v) is 2.69. The van der Waals surface area contributed by atoms with Crippen LogP contribution in [0.3, 0.4) is 0 Å². The number of nitrogens with zero attached hydrogens (tertiary/aromatic N) is 2. The van der Waals surface area contributed by atoms with Gasteiger partial charge in [-0.1, -0.05) is 44.4 Å². The molecule has 0 amide bonds. The molecule has 2 aromatic rings. The van der Waals surface area contributed by atoms with Crippen LogP contribution in [0.4, 0.5) is 0 Å². The number of rotatable bonds is 6. The maximum Gasteiger partial charge on any atom is 0.139 e. The molecular formula is C15H22N2OSi. The van der Waals surface area contributed by atoms with Crippen molar-refractivity contribution in [1.29, 1.82) is 0 Å². The van der Waals surface area contributed by atoms with Crippen LogP contribution in [0, 0.1) is 0 Å². The van der Waals surface area contributed by atoms with Crippen LogP contribution >= 0.6 is 0 Å². The molecule has 102 valence electrons. The molecule has 0 unspecified atom stereocenters. The van der Waals surface area contributed by atoms with E-state index in [1.807, 2.05) is 29.1 Å². The SMILES string of the molecule is C=Cc1cccc2c1cnn2COCC[Si](C)(C)C. The van der Waals surface area contributed by atoms with Crippen molar-refractivity contribution >= 4 is 25.1 Å². The van der Waals surface area contributed by atoms with Crippen LogP contribution in [0.1, 0.15) is 5.56 Å². The Balaban J connectivity index is 2.04. The van der Waals surface area contributed by atoms with Gasteiger partial charge >= 0.3 is 0 Å². The number of hydrogen-bond donors (Lipinski definition) is 0. The zero-order valence-corrected chi connectivity index (χ0v) is 13.0. The molecule has 1 aromatic carbocycles. The van der Waals surface area contributed by atoms with E-state index in [1.165, 1.54) is 6.04 Å².